The minimum absolute atomic E-state index is 0.0620. The van der Waals surface area contributed by atoms with Crippen LogP contribution in [0.3, 0.4) is 0 Å². The van der Waals surface area contributed by atoms with Gasteiger partial charge in [0.1, 0.15) is 0 Å². The fraction of sp³-hybridized carbons (Fsp3) is 0.263. The maximum atomic E-state index is 12.2. The monoisotopic (exact) mass is 404 g/mol. The molecule has 0 fully saturated rings. The van der Waals surface area contributed by atoms with Crippen molar-refractivity contribution in [3.05, 3.63) is 42.0 Å². The van der Waals surface area contributed by atoms with Crippen LogP contribution in [0.15, 0.2) is 40.7 Å². The molecule has 0 unspecified atom stereocenters. The summed E-state index contributed by atoms with van der Waals surface area (Å²) in [6.45, 7) is 0.371. The zero-order chi connectivity index (χ0) is 19.2. The maximum absolute atomic E-state index is 12.2. The second-order valence-electron chi connectivity index (χ2n) is 5.55. The van der Waals surface area contributed by atoms with Gasteiger partial charge in [-0.1, -0.05) is 23.9 Å². The minimum atomic E-state index is -0.0620. The normalized spacial score (nSPS) is 10.6. The third-order valence-corrected chi connectivity index (χ3v) is 5.99. The van der Waals surface area contributed by atoms with E-state index in [-0.39, 0.29) is 5.91 Å². The topological polar surface area (TPSA) is 69.7 Å². The van der Waals surface area contributed by atoms with E-state index in [0.29, 0.717) is 29.5 Å². The van der Waals surface area contributed by atoms with Crippen LogP contribution in [0.2, 0.25) is 0 Å². The Kier molecular flexibility index (Phi) is 6.41. The van der Waals surface area contributed by atoms with Gasteiger partial charge in [0.05, 0.1) is 37.3 Å². The summed E-state index contributed by atoms with van der Waals surface area (Å²) >= 11 is 3.03. The molecule has 3 rings (SSSR count). The van der Waals surface area contributed by atoms with Crippen LogP contribution in [0.1, 0.15) is 5.56 Å². The number of ether oxygens (including phenoxy) is 3. The number of thioether (sulfide) groups is 1. The van der Waals surface area contributed by atoms with Gasteiger partial charge in [-0.3, -0.25) is 4.79 Å². The first-order valence-electron chi connectivity index (χ1n) is 8.18. The summed E-state index contributed by atoms with van der Waals surface area (Å²) in [6.07, 6.45) is 0. The standard InChI is InChI=1S/C19H20N2O4S2/c1-23-14-8-12(9-15(24-2)18(14)25-3)10-20-17(22)11-26-19-21-13-6-4-5-7-16(13)27-19/h4-9H,10-11H2,1-3H3,(H,20,22). The van der Waals surface area contributed by atoms with E-state index in [0.717, 1.165) is 20.1 Å². The van der Waals surface area contributed by atoms with Gasteiger partial charge in [0.25, 0.3) is 0 Å². The summed E-state index contributed by atoms with van der Waals surface area (Å²) in [5.74, 6) is 1.90. The SMILES string of the molecule is COc1cc(CNC(=O)CSc2nc3ccccc3s2)cc(OC)c1OC. The fourth-order valence-corrected chi connectivity index (χ4v) is 4.43. The second kappa shape index (κ2) is 8.96. The number of amides is 1. The summed E-state index contributed by atoms with van der Waals surface area (Å²) in [6, 6.07) is 11.6. The van der Waals surface area contributed by atoms with Gasteiger partial charge in [-0.25, -0.2) is 4.98 Å². The van der Waals surface area contributed by atoms with Crippen molar-refractivity contribution in [1.82, 2.24) is 10.3 Å². The van der Waals surface area contributed by atoms with Crippen molar-refractivity contribution in [2.45, 2.75) is 10.9 Å². The maximum Gasteiger partial charge on any atom is 0.230 e. The van der Waals surface area contributed by atoms with Crippen LogP contribution < -0.4 is 19.5 Å². The molecule has 0 saturated heterocycles. The summed E-state index contributed by atoms with van der Waals surface area (Å²) in [5.41, 5.74) is 1.82. The number of carbonyl (C=O) groups excluding carboxylic acids is 1. The number of hydrogen-bond donors (Lipinski definition) is 1. The Bertz CT molecular complexity index is 884. The molecule has 1 amide bonds. The summed E-state index contributed by atoms with van der Waals surface area (Å²) < 4.78 is 18.0. The number of aromatic nitrogens is 1. The Hall–Kier alpha value is -2.45. The summed E-state index contributed by atoms with van der Waals surface area (Å²) in [7, 11) is 4.68. The molecule has 1 N–H and O–H groups in total. The van der Waals surface area contributed by atoms with E-state index in [1.807, 2.05) is 36.4 Å². The predicted molar refractivity (Wildman–Crippen MR) is 108 cm³/mol. The molecule has 0 bridgehead atoms. The van der Waals surface area contributed by atoms with E-state index in [1.54, 1.807) is 32.7 Å². The Labute approximate surface area is 165 Å². The number of nitrogens with zero attached hydrogens (tertiary/aromatic N) is 1. The highest BCUT2D eigenvalue weighted by Gasteiger charge is 2.14. The van der Waals surface area contributed by atoms with Crippen molar-refractivity contribution in [3.63, 3.8) is 0 Å². The number of thiazole rings is 1. The lowest BCUT2D eigenvalue weighted by atomic mass is 10.2. The number of methoxy groups -OCH3 is 3. The number of benzene rings is 2. The average Bonchev–Trinajstić information content (AvgIpc) is 3.12. The largest absolute Gasteiger partial charge is 0.493 e. The lowest BCUT2D eigenvalue weighted by molar-refractivity contribution is -0.118. The molecule has 1 aromatic heterocycles. The Balaban J connectivity index is 1.58. The molecule has 0 radical (unpaired) electrons. The predicted octanol–water partition coefficient (Wildman–Crippen LogP) is 3.73. The van der Waals surface area contributed by atoms with Gasteiger partial charge in [0.15, 0.2) is 15.8 Å². The molecule has 8 heteroatoms. The molecule has 0 aliphatic carbocycles. The number of rotatable bonds is 8. The zero-order valence-electron chi connectivity index (χ0n) is 15.3. The van der Waals surface area contributed by atoms with Gasteiger partial charge in [-0.05, 0) is 29.8 Å². The smallest absolute Gasteiger partial charge is 0.230 e. The minimum Gasteiger partial charge on any atom is -0.493 e. The molecular formula is C19H20N2O4S2. The molecule has 1 heterocycles. The van der Waals surface area contributed by atoms with Crippen LogP contribution in [0.4, 0.5) is 0 Å². The van der Waals surface area contributed by atoms with Crippen molar-refractivity contribution in [1.29, 1.82) is 0 Å². The van der Waals surface area contributed by atoms with E-state index in [4.69, 9.17) is 14.2 Å². The van der Waals surface area contributed by atoms with Crippen LogP contribution in [0.25, 0.3) is 10.2 Å². The van der Waals surface area contributed by atoms with Crippen LogP contribution in [0, 0.1) is 0 Å². The zero-order valence-corrected chi connectivity index (χ0v) is 16.9. The molecule has 6 nitrogen and oxygen atoms in total. The van der Waals surface area contributed by atoms with Gasteiger partial charge in [-0.2, -0.15) is 0 Å². The van der Waals surface area contributed by atoms with Crippen LogP contribution in [-0.4, -0.2) is 38.0 Å². The lowest BCUT2D eigenvalue weighted by Crippen LogP contribution is -2.24. The highest BCUT2D eigenvalue weighted by Crippen LogP contribution is 2.38. The molecule has 3 aromatic rings. The van der Waals surface area contributed by atoms with E-state index in [2.05, 4.69) is 10.3 Å². The average molecular weight is 405 g/mol. The second-order valence-corrected chi connectivity index (χ2v) is 7.80. The first-order valence-corrected chi connectivity index (χ1v) is 9.98. The molecule has 0 saturated carbocycles. The highest BCUT2D eigenvalue weighted by molar-refractivity contribution is 8.01. The number of fused-ring (bicyclic) bond motifs is 1. The first-order chi connectivity index (χ1) is 13.1. The summed E-state index contributed by atoms with van der Waals surface area (Å²) in [5, 5.41) is 2.91. The Morgan fingerprint density at radius 1 is 1.11 bits per heavy atom. The number of hydrogen-bond acceptors (Lipinski definition) is 7. The highest BCUT2D eigenvalue weighted by atomic mass is 32.2. The summed E-state index contributed by atoms with van der Waals surface area (Å²) in [4.78, 5) is 16.7. The van der Waals surface area contributed by atoms with Gasteiger partial charge < -0.3 is 19.5 Å². The lowest BCUT2D eigenvalue weighted by Gasteiger charge is -2.14. The molecule has 142 valence electrons. The Morgan fingerprint density at radius 3 is 2.44 bits per heavy atom. The molecule has 0 spiro atoms. The van der Waals surface area contributed by atoms with E-state index >= 15 is 0 Å². The number of carbonyl (C=O) groups is 1. The van der Waals surface area contributed by atoms with Gasteiger partial charge >= 0.3 is 0 Å². The van der Waals surface area contributed by atoms with Gasteiger partial charge in [0.2, 0.25) is 11.7 Å². The van der Waals surface area contributed by atoms with Gasteiger partial charge in [-0.15, -0.1) is 11.3 Å². The van der Waals surface area contributed by atoms with Crippen molar-refractivity contribution < 1.29 is 19.0 Å². The molecule has 27 heavy (non-hydrogen) atoms. The van der Waals surface area contributed by atoms with Crippen LogP contribution >= 0.6 is 23.1 Å². The van der Waals surface area contributed by atoms with Crippen molar-refractivity contribution in [2.75, 3.05) is 27.1 Å². The number of nitrogens with one attached hydrogen (secondary N) is 1. The quantitative estimate of drug-likeness (QED) is 0.577. The molecule has 0 atom stereocenters. The molecule has 0 aliphatic heterocycles. The molecular weight excluding hydrogens is 384 g/mol. The first kappa shape index (κ1) is 19.3. The van der Waals surface area contributed by atoms with Crippen molar-refractivity contribution in [3.8, 4) is 17.2 Å². The van der Waals surface area contributed by atoms with Crippen LogP contribution in [0.5, 0.6) is 17.2 Å². The third kappa shape index (κ3) is 4.64. The van der Waals surface area contributed by atoms with Crippen LogP contribution in [-0.2, 0) is 11.3 Å². The van der Waals surface area contributed by atoms with E-state index in [9.17, 15) is 4.79 Å². The van der Waals surface area contributed by atoms with E-state index in [1.165, 1.54) is 11.8 Å². The third-order valence-electron chi connectivity index (χ3n) is 3.82. The molecule has 2 aromatic carbocycles. The van der Waals surface area contributed by atoms with Crippen molar-refractivity contribution in [2.24, 2.45) is 0 Å². The number of para-hydroxylation sites is 1. The fourth-order valence-electron chi connectivity index (χ4n) is 2.53. The van der Waals surface area contributed by atoms with Gasteiger partial charge in [0, 0.05) is 6.54 Å². The Morgan fingerprint density at radius 2 is 1.81 bits per heavy atom. The molecule has 0 aliphatic rings. The van der Waals surface area contributed by atoms with E-state index < -0.39 is 0 Å². The van der Waals surface area contributed by atoms with Crippen molar-refractivity contribution >= 4 is 39.2 Å².